The number of halogens is 1. The third-order valence-electron chi connectivity index (χ3n) is 5.47. The fraction of sp³-hybridized carbons (Fsp3) is 0.292. The SMILES string of the molecule is C[C@@H](NC(=O)CSc1nnc([C@H](C)N(C)C)n1-c1ccc(F)cc1)c1cc2ccccc2o1. The number of nitrogens with one attached hydrogen (secondary N) is 1. The van der Waals surface area contributed by atoms with Crippen molar-refractivity contribution >= 4 is 28.6 Å². The van der Waals surface area contributed by atoms with Crippen molar-refractivity contribution in [2.45, 2.75) is 31.1 Å². The summed E-state index contributed by atoms with van der Waals surface area (Å²) < 4.78 is 21.2. The Morgan fingerprint density at radius 1 is 1.15 bits per heavy atom. The fourth-order valence-corrected chi connectivity index (χ4v) is 4.18. The molecule has 0 radical (unpaired) electrons. The first-order chi connectivity index (χ1) is 15.8. The van der Waals surface area contributed by atoms with Gasteiger partial charge in [-0.3, -0.25) is 14.3 Å². The van der Waals surface area contributed by atoms with E-state index in [1.165, 1.54) is 23.9 Å². The van der Waals surface area contributed by atoms with Gasteiger partial charge in [-0.15, -0.1) is 10.2 Å². The van der Waals surface area contributed by atoms with E-state index in [-0.39, 0.29) is 29.6 Å². The normalized spacial score (nSPS) is 13.4. The van der Waals surface area contributed by atoms with Gasteiger partial charge in [-0.25, -0.2) is 4.39 Å². The number of benzene rings is 2. The van der Waals surface area contributed by atoms with E-state index in [2.05, 4.69) is 15.5 Å². The van der Waals surface area contributed by atoms with Gasteiger partial charge in [0.15, 0.2) is 11.0 Å². The van der Waals surface area contributed by atoms with Crippen molar-refractivity contribution in [2.24, 2.45) is 0 Å². The van der Waals surface area contributed by atoms with Gasteiger partial charge in [-0.2, -0.15) is 0 Å². The second-order valence-corrected chi connectivity index (χ2v) is 9.00. The average Bonchev–Trinajstić information content (AvgIpc) is 3.42. The molecule has 0 bridgehead atoms. The van der Waals surface area contributed by atoms with Gasteiger partial charge in [0.05, 0.1) is 17.8 Å². The average molecular weight is 468 g/mol. The second kappa shape index (κ2) is 9.76. The van der Waals surface area contributed by atoms with Crippen molar-refractivity contribution in [3.8, 4) is 5.69 Å². The Labute approximate surface area is 196 Å². The lowest BCUT2D eigenvalue weighted by atomic mass is 10.2. The molecule has 33 heavy (non-hydrogen) atoms. The lowest BCUT2D eigenvalue weighted by Gasteiger charge is -2.20. The molecule has 0 fully saturated rings. The molecule has 0 spiro atoms. The van der Waals surface area contributed by atoms with Crippen molar-refractivity contribution in [1.29, 1.82) is 0 Å². The minimum absolute atomic E-state index is 0.0289. The molecule has 2 aromatic carbocycles. The quantitative estimate of drug-likeness (QED) is 0.377. The Morgan fingerprint density at radius 2 is 1.88 bits per heavy atom. The van der Waals surface area contributed by atoms with Gasteiger partial charge in [-0.05, 0) is 64.3 Å². The number of carbonyl (C=O) groups is 1. The second-order valence-electron chi connectivity index (χ2n) is 8.06. The maximum atomic E-state index is 13.5. The Morgan fingerprint density at radius 3 is 2.58 bits per heavy atom. The molecule has 0 unspecified atom stereocenters. The number of carbonyl (C=O) groups excluding carboxylic acids is 1. The molecule has 7 nitrogen and oxygen atoms in total. The summed E-state index contributed by atoms with van der Waals surface area (Å²) in [5.74, 6) is 1.10. The number of furan rings is 1. The highest BCUT2D eigenvalue weighted by Crippen LogP contribution is 2.27. The maximum Gasteiger partial charge on any atom is 0.231 e. The minimum atomic E-state index is -0.317. The molecule has 4 rings (SSSR count). The van der Waals surface area contributed by atoms with Crippen molar-refractivity contribution < 1.29 is 13.6 Å². The largest absolute Gasteiger partial charge is 0.459 e. The number of hydrogen-bond acceptors (Lipinski definition) is 6. The lowest BCUT2D eigenvalue weighted by Crippen LogP contribution is -2.28. The summed E-state index contributed by atoms with van der Waals surface area (Å²) in [6.45, 7) is 3.90. The molecule has 0 saturated carbocycles. The minimum Gasteiger partial charge on any atom is -0.459 e. The lowest BCUT2D eigenvalue weighted by molar-refractivity contribution is -0.119. The first kappa shape index (κ1) is 23.0. The number of aromatic nitrogens is 3. The standard InChI is InChI=1S/C24H26FN5O2S/c1-15(21-13-17-7-5-6-8-20(17)32-21)26-22(31)14-33-24-28-27-23(16(2)29(3)4)30(24)19-11-9-18(25)10-12-19/h5-13,15-16H,14H2,1-4H3,(H,26,31)/t15-,16+/m1/s1. The van der Waals surface area contributed by atoms with Crippen LogP contribution in [0.5, 0.6) is 0 Å². The van der Waals surface area contributed by atoms with E-state index in [0.717, 1.165) is 16.7 Å². The maximum absolute atomic E-state index is 13.5. The highest BCUT2D eigenvalue weighted by Gasteiger charge is 2.22. The third kappa shape index (κ3) is 5.09. The molecule has 2 atom stereocenters. The number of amides is 1. The molecule has 0 aliphatic heterocycles. The van der Waals surface area contributed by atoms with E-state index in [0.29, 0.717) is 16.7 Å². The zero-order valence-corrected chi connectivity index (χ0v) is 19.8. The van der Waals surface area contributed by atoms with Crippen LogP contribution < -0.4 is 5.32 Å². The molecular weight excluding hydrogens is 441 g/mol. The van der Waals surface area contributed by atoms with E-state index >= 15 is 0 Å². The fourth-order valence-electron chi connectivity index (χ4n) is 3.41. The zero-order valence-electron chi connectivity index (χ0n) is 18.9. The first-order valence-corrected chi connectivity index (χ1v) is 11.6. The van der Waals surface area contributed by atoms with Crippen LogP contribution >= 0.6 is 11.8 Å². The van der Waals surface area contributed by atoms with Crippen LogP contribution in [0.1, 0.15) is 37.5 Å². The number of rotatable bonds is 8. The van der Waals surface area contributed by atoms with E-state index < -0.39 is 0 Å². The number of hydrogen-bond donors (Lipinski definition) is 1. The smallest absolute Gasteiger partial charge is 0.231 e. The Balaban J connectivity index is 1.49. The van der Waals surface area contributed by atoms with E-state index in [4.69, 9.17) is 4.42 Å². The Hall–Kier alpha value is -3.17. The van der Waals surface area contributed by atoms with Crippen molar-refractivity contribution in [3.63, 3.8) is 0 Å². The predicted molar refractivity (Wildman–Crippen MR) is 127 cm³/mol. The molecule has 2 aromatic heterocycles. The molecular formula is C24H26FN5O2S. The molecule has 9 heteroatoms. The van der Waals surface area contributed by atoms with E-state index in [9.17, 15) is 9.18 Å². The first-order valence-electron chi connectivity index (χ1n) is 10.6. The molecule has 0 aliphatic rings. The number of thioether (sulfide) groups is 1. The molecule has 1 amide bonds. The van der Waals surface area contributed by atoms with Gasteiger partial charge in [-0.1, -0.05) is 30.0 Å². The van der Waals surface area contributed by atoms with Gasteiger partial charge >= 0.3 is 0 Å². The van der Waals surface area contributed by atoms with Crippen LogP contribution in [0, 0.1) is 5.82 Å². The monoisotopic (exact) mass is 467 g/mol. The summed E-state index contributed by atoms with van der Waals surface area (Å²) in [7, 11) is 3.90. The van der Waals surface area contributed by atoms with Crippen molar-refractivity contribution in [1.82, 2.24) is 25.0 Å². The highest BCUT2D eigenvalue weighted by molar-refractivity contribution is 7.99. The summed E-state index contributed by atoms with van der Waals surface area (Å²) in [6, 6.07) is 15.5. The van der Waals surface area contributed by atoms with Crippen molar-refractivity contribution in [3.05, 3.63) is 72.0 Å². The van der Waals surface area contributed by atoms with Crippen LogP contribution in [-0.2, 0) is 4.79 Å². The molecule has 0 aliphatic carbocycles. The van der Waals surface area contributed by atoms with Crippen LogP contribution in [-0.4, -0.2) is 45.4 Å². The van der Waals surface area contributed by atoms with Gasteiger partial charge < -0.3 is 9.73 Å². The molecule has 1 N–H and O–H groups in total. The highest BCUT2D eigenvalue weighted by atomic mass is 32.2. The summed E-state index contributed by atoms with van der Waals surface area (Å²) in [5.41, 5.74) is 1.53. The van der Waals surface area contributed by atoms with Crippen LogP contribution in [0.25, 0.3) is 16.7 Å². The summed E-state index contributed by atoms with van der Waals surface area (Å²) >= 11 is 1.28. The zero-order chi connectivity index (χ0) is 23.5. The Kier molecular flexibility index (Phi) is 6.80. The molecule has 2 heterocycles. The summed E-state index contributed by atoms with van der Waals surface area (Å²) in [5, 5.41) is 13.2. The van der Waals surface area contributed by atoms with Crippen LogP contribution in [0.4, 0.5) is 4.39 Å². The van der Waals surface area contributed by atoms with Crippen LogP contribution in [0.15, 0.2) is 64.2 Å². The summed E-state index contributed by atoms with van der Waals surface area (Å²) in [4.78, 5) is 14.7. The van der Waals surface area contributed by atoms with E-state index in [1.54, 1.807) is 12.1 Å². The number of fused-ring (bicyclic) bond motifs is 1. The molecule has 172 valence electrons. The van der Waals surface area contributed by atoms with Gasteiger partial charge in [0.2, 0.25) is 5.91 Å². The van der Waals surface area contributed by atoms with E-state index in [1.807, 2.05) is 67.7 Å². The predicted octanol–water partition coefficient (Wildman–Crippen LogP) is 4.74. The number of nitrogens with zero attached hydrogens (tertiary/aromatic N) is 4. The van der Waals surface area contributed by atoms with Gasteiger partial charge in [0.25, 0.3) is 0 Å². The van der Waals surface area contributed by atoms with Crippen LogP contribution in [0.2, 0.25) is 0 Å². The number of para-hydroxylation sites is 1. The molecule has 4 aromatic rings. The molecule has 0 saturated heterocycles. The Bertz CT molecular complexity index is 1220. The van der Waals surface area contributed by atoms with Crippen LogP contribution in [0.3, 0.4) is 0 Å². The summed E-state index contributed by atoms with van der Waals surface area (Å²) in [6.07, 6.45) is 0. The topological polar surface area (TPSA) is 76.2 Å². The van der Waals surface area contributed by atoms with Gasteiger partial charge in [0.1, 0.15) is 17.2 Å². The van der Waals surface area contributed by atoms with Gasteiger partial charge in [0, 0.05) is 11.1 Å². The van der Waals surface area contributed by atoms with Crippen molar-refractivity contribution in [2.75, 3.05) is 19.8 Å². The third-order valence-corrected chi connectivity index (χ3v) is 6.40.